The van der Waals surface area contributed by atoms with Crippen LogP contribution in [-0.2, 0) is 16.4 Å². The summed E-state index contributed by atoms with van der Waals surface area (Å²) in [5.41, 5.74) is 3.48. The number of nitrogens with zero attached hydrogens (tertiary/aromatic N) is 1. The number of rotatable bonds is 5. The third-order valence-corrected chi connectivity index (χ3v) is 6.08. The van der Waals surface area contributed by atoms with E-state index < -0.39 is 10.0 Å². The molecule has 4 aromatic rings. The van der Waals surface area contributed by atoms with Gasteiger partial charge in [0.25, 0.3) is 0 Å². The quantitative estimate of drug-likeness (QED) is 0.385. The molecule has 0 spiro atoms. The van der Waals surface area contributed by atoms with Gasteiger partial charge in [0.1, 0.15) is 5.69 Å². The van der Waals surface area contributed by atoms with Gasteiger partial charge in [-0.1, -0.05) is 42.5 Å². The number of sulfonamides is 1. The molecule has 0 aliphatic carbocycles. The number of benzene rings is 3. The number of aromatic nitrogens is 1. The minimum absolute atomic E-state index is 0.0566. The van der Waals surface area contributed by atoms with E-state index in [1.807, 2.05) is 42.5 Å². The lowest BCUT2D eigenvalue weighted by atomic mass is 10.1. The fourth-order valence-electron chi connectivity index (χ4n) is 3.00. The van der Waals surface area contributed by atoms with Crippen molar-refractivity contribution in [2.24, 2.45) is 5.14 Å². The fraction of sp³-hybridized carbons (Fsp3) is 0.0455. The Morgan fingerprint density at radius 2 is 1.52 bits per heavy atom. The highest BCUT2D eigenvalue weighted by Gasteiger charge is 2.18. The van der Waals surface area contributed by atoms with Gasteiger partial charge in [0.2, 0.25) is 10.0 Å². The predicted molar refractivity (Wildman–Crippen MR) is 121 cm³/mol. The molecule has 0 atom stereocenters. The third kappa shape index (κ3) is 4.58. The molecule has 1 aromatic heterocycles. The first-order valence-electron chi connectivity index (χ1n) is 8.83. The number of hydrogen-bond acceptors (Lipinski definition) is 4. The lowest BCUT2D eigenvalue weighted by Crippen LogP contribution is -2.11. The molecule has 0 fully saturated rings. The van der Waals surface area contributed by atoms with Crippen molar-refractivity contribution in [2.45, 2.75) is 11.3 Å². The lowest BCUT2D eigenvalue weighted by Gasteiger charge is -2.03. The van der Waals surface area contributed by atoms with Gasteiger partial charge in [-0.2, -0.15) is 0 Å². The summed E-state index contributed by atoms with van der Waals surface area (Å²) in [5, 5.41) is 5.20. The minimum Gasteiger partial charge on any atom is -0.440 e. The molecule has 5 nitrogen and oxygen atoms in total. The zero-order valence-electron chi connectivity index (χ0n) is 15.2. The van der Waals surface area contributed by atoms with Crippen LogP contribution in [0.25, 0.3) is 22.6 Å². The molecule has 1 heterocycles. The number of oxazole rings is 1. The Kier molecular flexibility index (Phi) is 5.53. The Morgan fingerprint density at radius 1 is 0.862 bits per heavy atom. The largest absolute Gasteiger partial charge is 0.440 e. The fourth-order valence-corrected chi connectivity index (χ4v) is 3.88. The topological polar surface area (TPSA) is 86.2 Å². The number of primary sulfonamides is 1. The molecule has 0 saturated heterocycles. The van der Waals surface area contributed by atoms with Crippen molar-refractivity contribution in [1.29, 1.82) is 0 Å². The molecule has 4 rings (SSSR count). The van der Waals surface area contributed by atoms with Crippen LogP contribution in [0.2, 0.25) is 0 Å². The maximum absolute atomic E-state index is 11.5. The van der Waals surface area contributed by atoms with Gasteiger partial charge >= 0.3 is 0 Å². The predicted octanol–water partition coefficient (Wildman–Crippen LogP) is 4.85. The zero-order chi connectivity index (χ0) is 20.4. The highest BCUT2D eigenvalue weighted by molar-refractivity contribution is 14.1. The van der Waals surface area contributed by atoms with Crippen molar-refractivity contribution in [3.8, 4) is 22.6 Å². The van der Waals surface area contributed by atoms with E-state index in [2.05, 4.69) is 34.7 Å². The van der Waals surface area contributed by atoms with E-state index in [1.165, 1.54) is 15.7 Å². The summed E-state index contributed by atoms with van der Waals surface area (Å²) in [7, 11) is -3.75. The Balaban J connectivity index is 1.77. The second-order valence-corrected chi connectivity index (χ2v) is 9.33. The molecule has 29 heavy (non-hydrogen) atoms. The normalized spacial score (nSPS) is 11.5. The van der Waals surface area contributed by atoms with E-state index in [0.717, 1.165) is 22.4 Å². The van der Waals surface area contributed by atoms with Crippen LogP contribution < -0.4 is 5.14 Å². The van der Waals surface area contributed by atoms with Crippen LogP contribution in [0.1, 0.15) is 11.5 Å². The molecule has 0 radical (unpaired) electrons. The summed E-state index contributed by atoms with van der Waals surface area (Å²) >= 11 is 2.27. The monoisotopic (exact) mass is 516 g/mol. The van der Waals surface area contributed by atoms with E-state index in [1.54, 1.807) is 12.1 Å². The van der Waals surface area contributed by atoms with Crippen molar-refractivity contribution in [1.82, 2.24) is 4.98 Å². The lowest BCUT2D eigenvalue weighted by molar-refractivity contribution is 0.519. The molecule has 0 amide bonds. The molecule has 0 unspecified atom stereocenters. The van der Waals surface area contributed by atoms with E-state index in [-0.39, 0.29) is 4.90 Å². The highest BCUT2D eigenvalue weighted by atomic mass is 127. The van der Waals surface area contributed by atoms with Gasteiger partial charge in [0.05, 0.1) is 4.90 Å². The van der Waals surface area contributed by atoms with Gasteiger partial charge in [0, 0.05) is 21.1 Å². The van der Waals surface area contributed by atoms with Crippen LogP contribution in [0.3, 0.4) is 0 Å². The Morgan fingerprint density at radius 3 is 2.14 bits per heavy atom. The number of halogens is 1. The van der Waals surface area contributed by atoms with Gasteiger partial charge in [-0.3, -0.25) is 0 Å². The van der Waals surface area contributed by atoms with Crippen molar-refractivity contribution in [2.75, 3.05) is 0 Å². The summed E-state index contributed by atoms with van der Waals surface area (Å²) in [4.78, 5) is 4.79. The summed E-state index contributed by atoms with van der Waals surface area (Å²) in [6, 6.07) is 24.3. The molecule has 0 aliphatic heterocycles. The summed E-state index contributed by atoms with van der Waals surface area (Å²) in [6.45, 7) is 0. The molecule has 7 heteroatoms. The van der Waals surface area contributed by atoms with Gasteiger partial charge < -0.3 is 4.42 Å². The van der Waals surface area contributed by atoms with Gasteiger partial charge in [0.15, 0.2) is 11.7 Å². The van der Waals surface area contributed by atoms with Crippen molar-refractivity contribution in [3.63, 3.8) is 0 Å². The van der Waals surface area contributed by atoms with Crippen molar-refractivity contribution >= 4 is 32.6 Å². The van der Waals surface area contributed by atoms with Crippen LogP contribution in [-0.4, -0.2) is 13.4 Å². The molecular weight excluding hydrogens is 499 g/mol. The van der Waals surface area contributed by atoms with Crippen LogP contribution in [0.15, 0.2) is 88.2 Å². The van der Waals surface area contributed by atoms with E-state index in [9.17, 15) is 8.42 Å². The average Bonchev–Trinajstić information content (AvgIpc) is 3.14. The van der Waals surface area contributed by atoms with Crippen LogP contribution >= 0.6 is 22.6 Å². The van der Waals surface area contributed by atoms with Crippen molar-refractivity contribution in [3.05, 3.63) is 93.9 Å². The van der Waals surface area contributed by atoms with Crippen LogP contribution in [0, 0.1) is 3.57 Å². The summed E-state index contributed by atoms with van der Waals surface area (Å²) < 4.78 is 30.4. The zero-order valence-corrected chi connectivity index (χ0v) is 18.2. The first-order valence-corrected chi connectivity index (χ1v) is 11.5. The smallest absolute Gasteiger partial charge is 0.238 e. The first-order chi connectivity index (χ1) is 13.9. The van der Waals surface area contributed by atoms with Crippen LogP contribution in [0.5, 0.6) is 0 Å². The third-order valence-electron chi connectivity index (χ3n) is 4.43. The maximum atomic E-state index is 11.5. The molecule has 0 saturated carbocycles. The second-order valence-electron chi connectivity index (χ2n) is 6.52. The minimum atomic E-state index is -3.75. The van der Waals surface area contributed by atoms with Crippen LogP contribution in [0.4, 0.5) is 0 Å². The summed E-state index contributed by atoms with van der Waals surface area (Å²) in [6.07, 6.45) is 0.562. The molecule has 0 aliphatic rings. The van der Waals surface area contributed by atoms with Gasteiger partial charge in [-0.05, 0) is 64.6 Å². The standard InChI is InChI=1S/C22H17IN2O3S/c23-18-10-6-15(7-11-18)14-20-25-21(16-4-2-1-3-5-16)22(28-20)17-8-12-19(13-9-17)29(24,26)27/h1-13H,14H2,(H2,24,26,27). The first kappa shape index (κ1) is 19.8. The number of nitrogens with two attached hydrogens (primary N) is 1. The average molecular weight is 516 g/mol. The Bertz CT molecular complexity index is 1230. The number of hydrogen-bond donors (Lipinski definition) is 1. The molecule has 0 bridgehead atoms. The molecule has 2 N–H and O–H groups in total. The van der Waals surface area contributed by atoms with E-state index in [0.29, 0.717) is 18.1 Å². The summed E-state index contributed by atoms with van der Waals surface area (Å²) in [5.74, 6) is 1.19. The molecule has 3 aromatic carbocycles. The van der Waals surface area contributed by atoms with Gasteiger partial charge in [-0.25, -0.2) is 18.5 Å². The second kappa shape index (κ2) is 8.10. The maximum Gasteiger partial charge on any atom is 0.238 e. The van der Waals surface area contributed by atoms with E-state index in [4.69, 9.17) is 14.5 Å². The Labute approximate surface area is 182 Å². The van der Waals surface area contributed by atoms with E-state index >= 15 is 0 Å². The van der Waals surface area contributed by atoms with Crippen molar-refractivity contribution < 1.29 is 12.8 Å². The Hall–Kier alpha value is -2.49. The molecule has 146 valence electrons. The highest BCUT2D eigenvalue weighted by Crippen LogP contribution is 2.33. The van der Waals surface area contributed by atoms with Gasteiger partial charge in [-0.15, -0.1) is 0 Å². The molecular formula is C22H17IN2O3S. The SMILES string of the molecule is NS(=O)(=O)c1ccc(-c2oc(Cc3ccc(I)cc3)nc2-c2ccccc2)cc1.